The quantitative estimate of drug-likeness (QED) is 0.273. The average molecular weight is 508 g/mol. The first kappa shape index (κ1) is 23.7. The van der Waals surface area contributed by atoms with E-state index >= 15 is 0 Å². The molecule has 1 N–H and O–H groups in total. The van der Waals surface area contributed by atoms with E-state index in [1.54, 1.807) is 36.4 Å². The summed E-state index contributed by atoms with van der Waals surface area (Å²) < 4.78 is 27.5. The molecule has 0 atom stereocenters. The third-order valence-electron chi connectivity index (χ3n) is 6.56. The van der Waals surface area contributed by atoms with Crippen molar-refractivity contribution in [3.63, 3.8) is 0 Å². The highest BCUT2D eigenvalue weighted by atomic mass is 19.1. The van der Waals surface area contributed by atoms with Crippen molar-refractivity contribution in [1.29, 1.82) is 0 Å². The predicted molar refractivity (Wildman–Crippen MR) is 145 cm³/mol. The Labute approximate surface area is 219 Å². The number of imidazole rings is 1. The lowest BCUT2D eigenvalue weighted by Gasteiger charge is -2.18. The number of aromatic nitrogens is 2. The average Bonchev–Trinajstić information content (AvgIpc) is 3.40. The second-order valence-electron chi connectivity index (χ2n) is 10.0. The van der Waals surface area contributed by atoms with Crippen LogP contribution in [0.5, 0.6) is 17.2 Å². The van der Waals surface area contributed by atoms with Crippen LogP contribution in [0.2, 0.25) is 0 Å². The summed E-state index contributed by atoms with van der Waals surface area (Å²) in [5.41, 5.74) is 4.30. The molecule has 0 unspecified atom stereocenters. The molecule has 0 bridgehead atoms. The third kappa shape index (κ3) is 4.47. The molecule has 5 aromatic rings. The van der Waals surface area contributed by atoms with Gasteiger partial charge in [0.1, 0.15) is 23.0 Å². The number of halogens is 1. The van der Waals surface area contributed by atoms with Crippen molar-refractivity contribution in [2.75, 3.05) is 5.32 Å². The Balaban J connectivity index is 1.20. The van der Waals surface area contributed by atoms with Crippen LogP contribution >= 0.6 is 0 Å². The van der Waals surface area contributed by atoms with Gasteiger partial charge in [0.25, 0.3) is 5.91 Å². The molecule has 2 heterocycles. The van der Waals surface area contributed by atoms with E-state index < -0.39 is 0 Å². The number of carbonyl (C=O) groups excluding carboxylic acids is 1. The summed E-state index contributed by atoms with van der Waals surface area (Å²) in [5.74, 6) is 2.29. The summed E-state index contributed by atoms with van der Waals surface area (Å²) in [6, 6.07) is 24.7. The molecule has 0 fully saturated rings. The predicted octanol–water partition coefficient (Wildman–Crippen LogP) is 7.23. The van der Waals surface area contributed by atoms with Gasteiger partial charge in [-0.05, 0) is 93.6 Å². The van der Waals surface area contributed by atoms with Gasteiger partial charge in [-0.15, -0.1) is 0 Å². The lowest BCUT2D eigenvalue weighted by atomic mass is 10.0. The molecule has 6 rings (SSSR count). The van der Waals surface area contributed by atoms with Crippen LogP contribution in [-0.4, -0.2) is 21.1 Å². The number of nitrogens with zero attached hydrogens (tertiary/aromatic N) is 2. The van der Waals surface area contributed by atoms with Crippen LogP contribution in [0, 0.1) is 12.7 Å². The SMILES string of the molecule is Cc1nc2ccc(C(=O)Nc3ccc(Oc4cccc5c4OC(C)(C)C5)cc3)cc2n1-c1ccc(F)cc1. The minimum absolute atomic E-state index is 0.249. The molecule has 1 aromatic heterocycles. The van der Waals surface area contributed by atoms with Gasteiger partial charge in [0, 0.05) is 28.9 Å². The number of benzene rings is 4. The highest BCUT2D eigenvalue weighted by molar-refractivity contribution is 6.06. The largest absolute Gasteiger partial charge is 0.483 e. The third-order valence-corrected chi connectivity index (χ3v) is 6.56. The Bertz CT molecular complexity index is 1670. The van der Waals surface area contributed by atoms with Crippen molar-refractivity contribution in [3.8, 4) is 22.9 Å². The summed E-state index contributed by atoms with van der Waals surface area (Å²) in [7, 11) is 0. The molecule has 0 saturated heterocycles. The topological polar surface area (TPSA) is 65.4 Å². The van der Waals surface area contributed by atoms with E-state index in [2.05, 4.69) is 30.2 Å². The maximum Gasteiger partial charge on any atom is 0.255 e. The lowest BCUT2D eigenvalue weighted by Crippen LogP contribution is -2.24. The van der Waals surface area contributed by atoms with Crippen LogP contribution < -0.4 is 14.8 Å². The number of hydrogen-bond acceptors (Lipinski definition) is 4. The zero-order chi connectivity index (χ0) is 26.4. The van der Waals surface area contributed by atoms with Crippen molar-refractivity contribution >= 4 is 22.6 Å². The Morgan fingerprint density at radius 3 is 2.55 bits per heavy atom. The van der Waals surface area contributed by atoms with E-state index in [1.165, 1.54) is 12.1 Å². The van der Waals surface area contributed by atoms with Crippen molar-refractivity contribution in [2.24, 2.45) is 0 Å². The molecular formula is C31H26FN3O3. The monoisotopic (exact) mass is 507 g/mol. The first-order valence-corrected chi connectivity index (χ1v) is 12.4. The van der Waals surface area contributed by atoms with Gasteiger partial charge in [-0.2, -0.15) is 0 Å². The van der Waals surface area contributed by atoms with Crippen LogP contribution in [0.3, 0.4) is 0 Å². The fraction of sp³-hybridized carbons (Fsp3) is 0.161. The normalized spacial score (nSPS) is 13.7. The van der Waals surface area contributed by atoms with E-state index in [9.17, 15) is 9.18 Å². The fourth-order valence-corrected chi connectivity index (χ4v) is 4.86. The Hall–Kier alpha value is -4.65. The van der Waals surface area contributed by atoms with Crippen molar-refractivity contribution in [1.82, 2.24) is 9.55 Å². The first-order valence-electron chi connectivity index (χ1n) is 12.4. The molecule has 7 heteroatoms. The molecule has 0 aliphatic carbocycles. The lowest BCUT2D eigenvalue weighted by molar-refractivity contribution is 0.102. The van der Waals surface area contributed by atoms with Crippen LogP contribution in [0.4, 0.5) is 10.1 Å². The molecule has 0 saturated carbocycles. The molecular weight excluding hydrogens is 481 g/mol. The number of amides is 1. The van der Waals surface area contributed by atoms with E-state index in [0.29, 0.717) is 22.7 Å². The maximum atomic E-state index is 13.4. The van der Waals surface area contributed by atoms with Crippen molar-refractivity contribution in [3.05, 3.63) is 108 Å². The Morgan fingerprint density at radius 2 is 1.79 bits per heavy atom. The smallest absolute Gasteiger partial charge is 0.255 e. The van der Waals surface area contributed by atoms with Gasteiger partial charge in [0.2, 0.25) is 0 Å². The number of anilines is 1. The van der Waals surface area contributed by atoms with Crippen molar-refractivity contribution < 1.29 is 18.7 Å². The van der Waals surface area contributed by atoms with E-state index in [0.717, 1.165) is 40.3 Å². The number of rotatable bonds is 5. The van der Waals surface area contributed by atoms with E-state index in [1.807, 2.05) is 41.8 Å². The number of hydrogen-bond donors (Lipinski definition) is 1. The van der Waals surface area contributed by atoms with Gasteiger partial charge < -0.3 is 14.8 Å². The number of aryl methyl sites for hydroxylation is 1. The number of fused-ring (bicyclic) bond motifs is 2. The van der Waals surface area contributed by atoms with Gasteiger partial charge in [-0.3, -0.25) is 9.36 Å². The van der Waals surface area contributed by atoms with Gasteiger partial charge in [0.15, 0.2) is 11.5 Å². The summed E-state index contributed by atoms with van der Waals surface area (Å²) in [6.45, 7) is 6.00. The maximum absolute atomic E-state index is 13.4. The molecule has 6 nitrogen and oxygen atoms in total. The number of ether oxygens (including phenoxy) is 2. The number of para-hydroxylation sites is 1. The van der Waals surface area contributed by atoms with Crippen LogP contribution in [0.15, 0.2) is 84.9 Å². The summed E-state index contributed by atoms with van der Waals surface area (Å²) in [5, 5.41) is 2.94. The zero-order valence-electron chi connectivity index (χ0n) is 21.3. The minimum Gasteiger partial charge on any atom is -0.483 e. The van der Waals surface area contributed by atoms with Crippen LogP contribution in [0.25, 0.3) is 16.7 Å². The molecule has 1 aliphatic heterocycles. The first-order chi connectivity index (χ1) is 18.3. The number of carbonyl (C=O) groups is 1. The van der Waals surface area contributed by atoms with Gasteiger partial charge in [-0.1, -0.05) is 12.1 Å². The Morgan fingerprint density at radius 1 is 1.03 bits per heavy atom. The van der Waals surface area contributed by atoms with Crippen molar-refractivity contribution in [2.45, 2.75) is 32.8 Å². The van der Waals surface area contributed by atoms with Crippen LogP contribution in [-0.2, 0) is 6.42 Å². The number of nitrogens with one attached hydrogen (secondary N) is 1. The van der Waals surface area contributed by atoms with Gasteiger partial charge >= 0.3 is 0 Å². The molecule has 1 aliphatic rings. The summed E-state index contributed by atoms with van der Waals surface area (Å²) in [4.78, 5) is 17.7. The molecule has 38 heavy (non-hydrogen) atoms. The van der Waals surface area contributed by atoms with Crippen LogP contribution in [0.1, 0.15) is 35.6 Å². The minimum atomic E-state index is -0.308. The fourth-order valence-electron chi connectivity index (χ4n) is 4.86. The highest BCUT2D eigenvalue weighted by Crippen LogP contribution is 2.43. The molecule has 0 spiro atoms. The summed E-state index contributed by atoms with van der Waals surface area (Å²) in [6.07, 6.45) is 0.834. The molecule has 1 amide bonds. The molecule has 0 radical (unpaired) electrons. The molecule has 190 valence electrons. The summed E-state index contributed by atoms with van der Waals surface area (Å²) >= 11 is 0. The van der Waals surface area contributed by atoms with Gasteiger partial charge in [-0.25, -0.2) is 9.37 Å². The second kappa shape index (κ2) is 9.03. The molecule has 4 aromatic carbocycles. The van der Waals surface area contributed by atoms with Gasteiger partial charge in [0.05, 0.1) is 11.0 Å². The van der Waals surface area contributed by atoms with E-state index in [-0.39, 0.29) is 17.3 Å². The highest BCUT2D eigenvalue weighted by Gasteiger charge is 2.32. The Kier molecular flexibility index (Phi) is 5.64. The zero-order valence-corrected chi connectivity index (χ0v) is 21.3. The second-order valence-corrected chi connectivity index (χ2v) is 10.0. The van der Waals surface area contributed by atoms with E-state index in [4.69, 9.17) is 9.47 Å². The standard InChI is InChI=1S/C31H26FN3O3/c1-19-33-26-16-7-20(17-27(26)35(19)24-12-8-22(32)9-13-24)30(36)34-23-10-14-25(15-11-23)37-28-6-4-5-21-18-31(2,3)38-29(21)28/h4-17H,18H2,1-3H3,(H,34,36).